The van der Waals surface area contributed by atoms with Crippen LogP contribution in [-0.4, -0.2) is 48.3 Å². The summed E-state index contributed by atoms with van der Waals surface area (Å²) in [5.41, 5.74) is 0.290. The molecule has 24 heavy (non-hydrogen) atoms. The zero-order valence-corrected chi connectivity index (χ0v) is 14.1. The Balaban J connectivity index is 2.11. The zero-order chi connectivity index (χ0) is 17.7. The molecule has 0 aliphatic heterocycles. The molecular weight excluding hydrogens is 311 g/mol. The lowest BCUT2D eigenvalue weighted by Gasteiger charge is -2.22. The molecule has 0 fully saturated rings. The number of benzene rings is 1. The first-order valence-electron chi connectivity index (χ1n) is 7.85. The summed E-state index contributed by atoms with van der Waals surface area (Å²) in [7, 11) is 1.54. The highest BCUT2D eigenvalue weighted by molar-refractivity contribution is 5.94. The Morgan fingerprint density at radius 1 is 1.08 bits per heavy atom. The Labute approximate surface area is 140 Å². The third-order valence-corrected chi connectivity index (χ3v) is 3.79. The van der Waals surface area contributed by atoms with Crippen molar-refractivity contribution in [2.24, 2.45) is 0 Å². The van der Waals surface area contributed by atoms with Crippen LogP contribution in [0.3, 0.4) is 0 Å². The lowest BCUT2D eigenvalue weighted by Crippen LogP contribution is -2.40. The SMILES string of the molecule is CCN(CC)C(=O)CN(C)C(=O)c1ccc(-c2ccccc2F)o1. The van der Waals surface area contributed by atoms with Crippen molar-refractivity contribution in [1.82, 2.24) is 9.80 Å². The fraction of sp³-hybridized carbons (Fsp3) is 0.333. The molecule has 0 unspecified atom stereocenters. The second-order valence-electron chi connectivity index (χ2n) is 5.37. The molecule has 0 atom stereocenters. The Hall–Kier alpha value is -2.63. The number of furan rings is 1. The Bertz CT molecular complexity index is 723. The van der Waals surface area contributed by atoms with E-state index >= 15 is 0 Å². The molecule has 2 rings (SSSR count). The molecule has 0 aliphatic rings. The van der Waals surface area contributed by atoms with Crippen molar-refractivity contribution in [3.8, 4) is 11.3 Å². The van der Waals surface area contributed by atoms with Crippen LogP contribution in [0.5, 0.6) is 0 Å². The van der Waals surface area contributed by atoms with Gasteiger partial charge in [0.1, 0.15) is 11.6 Å². The van der Waals surface area contributed by atoms with Crippen LogP contribution in [0, 0.1) is 5.82 Å². The fourth-order valence-electron chi connectivity index (χ4n) is 2.40. The van der Waals surface area contributed by atoms with Crippen LogP contribution in [0.1, 0.15) is 24.4 Å². The van der Waals surface area contributed by atoms with Gasteiger partial charge in [-0.3, -0.25) is 9.59 Å². The van der Waals surface area contributed by atoms with Crippen molar-refractivity contribution in [1.29, 1.82) is 0 Å². The number of hydrogen-bond donors (Lipinski definition) is 0. The third kappa shape index (κ3) is 3.82. The largest absolute Gasteiger partial charge is 0.451 e. The van der Waals surface area contributed by atoms with Crippen molar-refractivity contribution < 1.29 is 18.4 Å². The molecule has 128 valence electrons. The van der Waals surface area contributed by atoms with Crippen molar-refractivity contribution in [3.05, 3.63) is 48.0 Å². The molecule has 0 bridgehead atoms. The molecule has 2 amide bonds. The molecule has 0 spiro atoms. The summed E-state index contributed by atoms with van der Waals surface area (Å²) in [4.78, 5) is 27.4. The quantitative estimate of drug-likeness (QED) is 0.817. The molecule has 1 heterocycles. The molecule has 0 saturated carbocycles. The first-order chi connectivity index (χ1) is 11.5. The number of hydrogen-bond acceptors (Lipinski definition) is 3. The van der Waals surface area contributed by atoms with Crippen molar-refractivity contribution in [2.45, 2.75) is 13.8 Å². The first-order valence-corrected chi connectivity index (χ1v) is 7.85. The van der Waals surface area contributed by atoms with Crippen molar-refractivity contribution in [3.63, 3.8) is 0 Å². The van der Waals surface area contributed by atoms with Gasteiger partial charge in [-0.2, -0.15) is 0 Å². The van der Waals surface area contributed by atoms with Crippen molar-refractivity contribution in [2.75, 3.05) is 26.7 Å². The van der Waals surface area contributed by atoms with E-state index in [0.29, 0.717) is 18.7 Å². The van der Waals surface area contributed by atoms with Crippen LogP contribution < -0.4 is 0 Å². The van der Waals surface area contributed by atoms with E-state index in [1.54, 1.807) is 29.2 Å². The van der Waals surface area contributed by atoms with Gasteiger partial charge in [0, 0.05) is 20.1 Å². The minimum Gasteiger partial charge on any atom is -0.451 e. The maximum absolute atomic E-state index is 13.8. The van der Waals surface area contributed by atoms with Gasteiger partial charge in [-0.15, -0.1) is 0 Å². The van der Waals surface area contributed by atoms with E-state index in [9.17, 15) is 14.0 Å². The van der Waals surface area contributed by atoms with Crippen LogP contribution in [-0.2, 0) is 4.79 Å². The Morgan fingerprint density at radius 2 is 1.75 bits per heavy atom. The molecule has 0 N–H and O–H groups in total. The number of nitrogens with zero attached hydrogens (tertiary/aromatic N) is 2. The molecule has 0 saturated heterocycles. The predicted molar refractivity (Wildman–Crippen MR) is 89.0 cm³/mol. The maximum atomic E-state index is 13.8. The standard InChI is InChI=1S/C18H21FN2O3/c1-4-21(5-2)17(22)12-20(3)18(23)16-11-10-15(24-16)13-8-6-7-9-14(13)19/h6-11H,4-5,12H2,1-3H3. The number of rotatable bonds is 6. The summed E-state index contributed by atoms with van der Waals surface area (Å²) < 4.78 is 19.2. The van der Waals surface area contributed by atoms with Crippen LogP contribution in [0.25, 0.3) is 11.3 Å². The number of halogens is 1. The summed E-state index contributed by atoms with van der Waals surface area (Å²) in [5.74, 6) is -0.617. The third-order valence-electron chi connectivity index (χ3n) is 3.79. The molecule has 0 aliphatic carbocycles. The van der Waals surface area contributed by atoms with Gasteiger partial charge in [0.15, 0.2) is 5.76 Å². The lowest BCUT2D eigenvalue weighted by atomic mass is 10.1. The van der Waals surface area contributed by atoms with Gasteiger partial charge in [0.05, 0.1) is 12.1 Å². The topological polar surface area (TPSA) is 53.8 Å². The number of carbonyl (C=O) groups is 2. The summed E-state index contributed by atoms with van der Waals surface area (Å²) in [6, 6.07) is 9.22. The maximum Gasteiger partial charge on any atom is 0.289 e. The van der Waals surface area contributed by atoms with Gasteiger partial charge < -0.3 is 14.2 Å². The van der Waals surface area contributed by atoms with Gasteiger partial charge in [-0.1, -0.05) is 12.1 Å². The minimum absolute atomic E-state index is 0.0315. The van der Waals surface area contributed by atoms with E-state index in [1.165, 1.54) is 24.1 Å². The second kappa shape index (κ2) is 7.77. The molecule has 1 aromatic carbocycles. The van der Waals surface area contributed by atoms with Gasteiger partial charge in [0.25, 0.3) is 5.91 Å². The highest BCUT2D eigenvalue weighted by atomic mass is 19.1. The van der Waals surface area contributed by atoms with Crippen LogP contribution in [0.4, 0.5) is 4.39 Å². The van der Waals surface area contributed by atoms with Crippen LogP contribution >= 0.6 is 0 Å². The normalized spacial score (nSPS) is 10.5. The number of amides is 2. The van der Waals surface area contributed by atoms with Gasteiger partial charge >= 0.3 is 0 Å². The highest BCUT2D eigenvalue weighted by Crippen LogP contribution is 2.25. The van der Waals surface area contributed by atoms with Crippen LogP contribution in [0.2, 0.25) is 0 Å². The van der Waals surface area contributed by atoms with E-state index in [4.69, 9.17) is 4.42 Å². The van der Waals surface area contributed by atoms with Crippen LogP contribution in [0.15, 0.2) is 40.8 Å². The minimum atomic E-state index is -0.420. The molecular formula is C18H21FN2O3. The monoisotopic (exact) mass is 332 g/mol. The summed E-state index contributed by atoms with van der Waals surface area (Å²) in [5, 5.41) is 0. The zero-order valence-electron chi connectivity index (χ0n) is 14.1. The average Bonchev–Trinajstić information content (AvgIpc) is 3.05. The van der Waals surface area contributed by atoms with Gasteiger partial charge in [-0.05, 0) is 38.1 Å². The molecule has 0 radical (unpaired) electrons. The first kappa shape index (κ1) is 17.7. The van der Waals surface area contributed by atoms with Gasteiger partial charge in [0.2, 0.25) is 5.91 Å². The Morgan fingerprint density at radius 3 is 2.38 bits per heavy atom. The Kier molecular flexibility index (Phi) is 5.73. The molecule has 6 heteroatoms. The van der Waals surface area contributed by atoms with E-state index in [1.807, 2.05) is 13.8 Å². The predicted octanol–water partition coefficient (Wildman–Crippen LogP) is 3.03. The summed E-state index contributed by atoms with van der Waals surface area (Å²) in [6.45, 7) is 4.92. The molecule has 2 aromatic rings. The van der Waals surface area contributed by atoms with E-state index in [0.717, 1.165) is 0 Å². The summed E-state index contributed by atoms with van der Waals surface area (Å²) in [6.07, 6.45) is 0. The number of likely N-dealkylation sites (N-methyl/N-ethyl adjacent to an activating group) is 2. The van der Waals surface area contributed by atoms with E-state index in [2.05, 4.69) is 0 Å². The average molecular weight is 332 g/mol. The van der Waals surface area contributed by atoms with Gasteiger partial charge in [-0.25, -0.2) is 4.39 Å². The molecule has 1 aromatic heterocycles. The number of carbonyl (C=O) groups excluding carboxylic acids is 2. The highest BCUT2D eigenvalue weighted by Gasteiger charge is 2.21. The fourth-order valence-corrected chi connectivity index (χ4v) is 2.40. The second-order valence-corrected chi connectivity index (χ2v) is 5.37. The van der Waals surface area contributed by atoms with Crippen molar-refractivity contribution >= 4 is 11.8 Å². The molecule has 5 nitrogen and oxygen atoms in total. The van der Waals surface area contributed by atoms with E-state index in [-0.39, 0.29) is 24.0 Å². The smallest absolute Gasteiger partial charge is 0.289 e. The lowest BCUT2D eigenvalue weighted by molar-refractivity contribution is -0.131. The summed E-state index contributed by atoms with van der Waals surface area (Å²) >= 11 is 0. The van der Waals surface area contributed by atoms with E-state index < -0.39 is 11.7 Å².